The molecule has 1 aromatic heterocycles. The molecule has 20 heavy (non-hydrogen) atoms. The Morgan fingerprint density at radius 1 is 1.10 bits per heavy atom. The van der Waals surface area contributed by atoms with E-state index in [-0.39, 0.29) is 5.75 Å². The van der Waals surface area contributed by atoms with Gasteiger partial charge in [-0.15, -0.1) is 0 Å². The summed E-state index contributed by atoms with van der Waals surface area (Å²) < 4.78 is 0. The molecule has 0 spiro atoms. The van der Waals surface area contributed by atoms with Crippen molar-refractivity contribution in [2.24, 2.45) is 0 Å². The number of nitrogens with one attached hydrogen (secondary N) is 1. The molecule has 4 nitrogen and oxygen atoms in total. The van der Waals surface area contributed by atoms with E-state index in [9.17, 15) is 5.11 Å². The van der Waals surface area contributed by atoms with Crippen molar-refractivity contribution in [1.29, 1.82) is 0 Å². The van der Waals surface area contributed by atoms with Crippen LogP contribution in [-0.4, -0.2) is 10.1 Å². The zero-order valence-electron chi connectivity index (χ0n) is 11.1. The number of nitrogen functional groups attached to an aromatic ring is 1. The summed E-state index contributed by atoms with van der Waals surface area (Å²) in [5.41, 5.74) is 8.71. The number of pyridine rings is 1. The van der Waals surface area contributed by atoms with E-state index in [1.807, 2.05) is 31.2 Å². The van der Waals surface area contributed by atoms with Crippen LogP contribution in [0, 0.1) is 6.92 Å². The van der Waals surface area contributed by atoms with Crippen molar-refractivity contribution >= 4 is 28.0 Å². The minimum Gasteiger partial charge on any atom is -0.508 e. The number of phenolic OH excluding ortho intramolecular Hbond substituents is 1. The molecule has 1 heterocycles. The number of benzene rings is 2. The summed E-state index contributed by atoms with van der Waals surface area (Å²) >= 11 is 0. The van der Waals surface area contributed by atoms with Gasteiger partial charge in [-0.25, -0.2) is 4.98 Å². The molecule has 0 saturated heterocycles. The quantitative estimate of drug-likeness (QED) is 0.619. The van der Waals surface area contributed by atoms with Crippen LogP contribution in [0.2, 0.25) is 0 Å². The molecule has 0 aliphatic heterocycles. The average Bonchev–Trinajstić information content (AvgIpc) is 2.43. The smallest absolute Gasteiger partial charge is 0.138 e. The molecule has 3 rings (SSSR count). The highest BCUT2D eigenvalue weighted by atomic mass is 16.3. The summed E-state index contributed by atoms with van der Waals surface area (Å²) in [6.07, 6.45) is 1.73. The Bertz CT molecular complexity index is 784. The zero-order chi connectivity index (χ0) is 14.1. The van der Waals surface area contributed by atoms with Gasteiger partial charge in [-0.05, 0) is 30.7 Å². The monoisotopic (exact) mass is 265 g/mol. The molecule has 0 aliphatic carbocycles. The number of phenols is 1. The molecule has 100 valence electrons. The highest BCUT2D eigenvalue weighted by molar-refractivity contribution is 6.01. The fourth-order valence-corrected chi connectivity index (χ4v) is 2.21. The van der Waals surface area contributed by atoms with Gasteiger partial charge in [-0.2, -0.15) is 0 Å². The standard InChI is InChI=1S/C16H15N3O/c1-10-5-6-14-13(15(10)17)7-8-18-16(14)19-11-3-2-4-12(20)9-11/h2-9,20H,17H2,1H3,(H,18,19). The molecular formula is C16H15N3O. The van der Waals surface area contributed by atoms with Crippen molar-refractivity contribution in [1.82, 2.24) is 4.98 Å². The van der Waals surface area contributed by atoms with Gasteiger partial charge in [0.1, 0.15) is 11.6 Å². The molecule has 4 N–H and O–H groups in total. The number of aryl methyl sites for hydroxylation is 1. The van der Waals surface area contributed by atoms with Gasteiger partial charge in [0, 0.05) is 34.4 Å². The number of anilines is 3. The highest BCUT2D eigenvalue weighted by Crippen LogP contribution is 2.30. The van der Waals surface area contributed by atoms with E-state index >= 15 is 0 Å². The molecule has 3 aromatic rings. The summed E-state index contributed by atoms with van der Waals surface area (Å²) in [5, 5.41) is 14.6. The van der Waals surface area contributed by atoms with E-state index in [1.54, 1.807) is 24.4 Å². The molecule has 0 amide bonds. The van der Waals surface area contributed by atoms with Crippen LogP contribution in [0.1, 0.15) is 5.56 Å². The first kappa shape index (κ1) is 12.3. The molecule has 0 atom stereocenters. The van der Waals surface area contributed by atoms with Crippen LogP contribution in [0.25, 0.3) is 10.8 Å². The van der Waals surface area contributed by atoms with E-state index in [0.717, 1.165) is 33.5 Å². The molecule has 0 saturated carbocycles. The lowest BCUT2D eigenvalue weighted by molar-refractivity contribution is 0.475. The van der Waals surface area contributed by atoms with Crippen molar-refractivity contribution in [3.05, 3.63) is 54.2 Å². The summed E-state index contributed by atoms with van der Waals surface area (Å²) in [5.74, 6) is 0.936. The Balaban J connectivity index is 2.10. The molecular weight excluding hydrogens is 250 g/mol. The molecule has 0 fully saturated rings. The van der Waals surface area contributed by atoms with Gasteiger partial charge in [0.25, 0.3) is 0 Å². The first-order chi connectivity index (χ1) is 9.65. The molecule has 0 radical (unpaired) electrons. The van der Waals surface area contributed by atoms with E-state index < -0.39 is 0 Å². The third-order valence-electron chi connectivity index (χ3n) is 3.31. The summed E-state index contributed by atoms with van der Waals surface area (Å²) in [6.45, 7) is 1.98. The Labute approximate surface area is 116 Å². The summed E-state index contributed by atoms with van der Waals surface area (Å²) in [7, 11) is 0. The number of aromatic nitrogens is 1. The maximum absolute atomic E-state index is 9.50. The second kappa shape index (κ2) is 4.74. The molecule has 4 heteroatoms. The van der Waals surface area contributed by atoms with Crippen LogP contribution in [0.5, 0.6) is 5.75 Å². The van der Waals surface area contributed by atoms with Gasteiger partial charge >= 0.3 is 0 Å². The second-order valence-electron chi connectivity index (χ2n) is 4.73. The largest absolute Gasteiger partial charge is 0.508 e. The van der Waals surface area contributed by atoms with Crippen LogP contribution < -0.4 is 11.1 Å². The van der Waals surface area contributed by atoms with Gasteiger partial charge < -0.3 is 16.2 Å². The lowest BCUT2D eigenvalue weighted by Gasteiger charge is -2.11. The fourth-order valence-electron chi connectivity index (χ4n) is 2.21. The van der Waals surface area contributed by atoms with E-state index in [4.69, 9.17) is 5.73 Å². The van der Waals surface area contributed by atoms with Crippen LogP contribution >= 0.6 is 0 Å². The third-order valence-corrected chi connectivity index (χ3v) is 3.31. The van der Waals surface area contributed by atoms with Crippen molar-refractivity contribution in [2.75, 3.05) is 11.1 Å². The van der Waals surface area contributed by atoms with Gasteiger partial charge in [0.2, 0.25) is 0 Å². The normalized spacial score (nSPS) is 10.7. The van der Waals surface area contributed by atoms with Crippen LogP contribution in [-0.2, 0) is 0 Å². The van der Waals surface area contributed by atoms with Crippen molar-refractivity contribution in [3.8, 4) is 5.75 Å². The molecule has 0 unspecified atom stereocenters. The van der Waals surface area contributed by atoms with Crippen LogP contribution in [0.3, 0.4) is 0 Å². The van der Waals surface area contributed by atoms with E-state index in [1.165, 1.54) is 0 Å². The number of fused-ring (bicyclic) bond motifs is 1. The molecule has 0 bridgehead atoms. The van der Waals surface area contributed by atoms with Crippen molar-refractivity contribution < 1.29 is 5.11 Å². The second-order valence-corrected chi connectivity index (χ2v) is 4.73. The Morgan fingerprint density at radius 3 is 2.75 bits per heavy atom. The summed E-state index contributed by atoms with van der Waals surface area (Å²) in [6, 6.07) is 12.8. The highest BCUT2D eigenvalue weighted by Gasteiger charge is 2.07. The first-order valence-corrected chi connectivity index (χ1v) is 6.35. The van der Waals surface area contributed by atoms with Crippen molar-refractivity contribution in [3.63, 3.8) is 0 Å². The van der Waals surface area contributed by atoms with Gasteiger partial charge in [-0.3, -0.25) is 0 Å². The maximum atomic E-state index is 9.50. The Morgan fingerprint density at radius 2 is 1.95 bits per heavy atom. The predicted molar refractivity (Wildman–Crippen MR) is 82.3 cm³/mol. The number of hydrogen-bond acceptors (Lipinski definition) is 4. The fraction of sp³-hybridized carbons (Fsp3) is 0.0625. The number of nitrogens with zero attached hydrogens (tertiary/aromatic N) is 1. The lowest BCUT2D eigenvalue weighted by Crippen LogP contribution is -1.97. The number of hydrogen-bond donors (Lipinski definition) is 3. The molecule has 0 aliphatic rings. The number of rotatable bonds is 2. The molecule has 2 aromatic carbocycles. The third kappa shape index (κ3) is 2.12. The maximum Gasteiger partial charge on any atom is 0.138 e. The number of aromatic hydroxyl groups is 1. The summed E-state index contributed by atoms with van der Waals surface area (Å²) in [4.78, 5) is 4.35. The Hall–Kier alpha value is -2.75. The van der Waals surface area contributed by atoms with E-state index in [0.29, 0.717) is 0 Å². The van der Waals surface area contributed by atoms with Crippen molar-refractivity contribution in [2.45, 2.75) is 6.92 Å². The predicted octanol–water partition coefficient (Wildman–Crippen LogP) is 3.57. The Kier molecular flexibility index (Phi) is 2.91. The zero-order valence-corrected chi connectivity index (χ0v) is 11.1. The average molecular weight is 265 g/mol. The first-order valence-electron chi connectivity index (χ1n) is 6.35. The minimum atomic E-state index is 0.214. The lowest BCUT2D eigenvalue weighted by atomic mass is 10.1. The van der Waals surface area contributed by atoms with Gasteiger partial charge in [0.15, 0.2) is 0 Å². The van der Waals surface area contributed by atoms with E-state index in [2.05, 4.69) is 10.3 Å². The van der Waals surface area contributed by atoms with Crippen LogP contribution in [0.15, 0.2) is 48.7 Å². The van der Waals surface area contributed by atoms with Gasteiger partial charge in [-0.1, -0.05) is 18.2 Å². The topological polar surface area (TPSA) is 71.2 Å². The van der Waals surface area contributed by atoms with Gasteiger partial charge in [0.05, 0.1) is 0 Å². The number of nitrogens with two attached hydrogens (primary N) is 1. The van der Waals surface area contributed by atoms with Crippen LogP contribution in [0.4, 0.5) is 17.2 Å². The SMILES string of the molecule is Cc1ccc2c(Nc3cccc(O)c3)nccc2c1N. The minimum absolute atomic E-state index is 0.214.